The van der Waals surface area contributed by atoms with Gasteiger partial charge in [-0.1, -0.05) is 0 Å². The number of benzene rings is 1. The molecule has 0 heterocycles. The second kappa shape index (κ2) is 5.16. The van der Waals surface area contributed by atoms with Crippen molar-refractivity contribution in [2.75, 3.05) is 14.2 Å². The van der Waals surface area contributed by atoms with Gasteiger partial charge in [-0.15, -0.1) is 0 Å². The number of hydrogen-bond acceptors (Lipinski definition) is 4. The van der Waals surface area contributed by atoms with Gasteiger partial charge in [0, 0.05) is 6.08 Å². The van der Waals surface area contributed by atoms with Crippen LogP contribution in [0.4, 0.5) is 0 Å². The van der Waals surface area contributed by atoms with Crippen molar-refractivity contribution in [2.45, 2.75) is 6.92 Å². The van der Waals surface area contributed by atoms with Crippen LogP contribution in [0.5, 0.6) is 11.5 Å². The SMILES string of the molecule is COc1cc(C)c(C=C[N+](=O)[O-])cc1OC. The fourth-order valence-electron chi connectivity index (χ4n) is 1.32. The zero-order valence-electron chi connectivity index (χ0n) is 9.39. The summed E-state index contributed by atoms with van der Waals surface area (Å²) >= 11 is 0. The Kier molecular flexibility index (Phi) is 3.88. The number of methoxy groups -OCH3 is 2. The maximum absolute atomic E-state index is 10.2. The van der Waals surface area contributed by atoms with Crippen LogP contribution in [0, 0.1) is 17.0 Å². The summed E-state index contributed by atoms with van der Waals surface area (Å²) < 4.78 is 10.2. The number of ether oxygens (including phenoxy) is 2. The molecular weight excluding hydrogens is 210 g/mol. The highest BCUT2D eigenvalue weighted by molar-refractivity contribution is 5.59. The first kappa shape index (κ1) is 12.0. The van der Waals surface area contributed by atoms with Crippen molar-refractivity contribution in [1.82, 2.24) is 0 Å². The molecule has 1 aromatic rings. The summed E-state index contributed by atoms with van der Waals surface area (Å²) in [5, 5.41) is 10.2. The predicted molar refractivity (Wildman–Crippen MR) is 60.3 cm³/mol. The van der Waals surface area contributed by atoms with E-state index in [0.29, 0.717) is 11.5 Å². The molecule has 0 aliphatic heterocycles. The molecule has 0 saturated carbocycles. The average molecular weight is 223 g/mol. The lowest BCUT2D eigenvalue weighted by atomic mass is 10.1. The van der Waals surface area contributed by atoms with Crippen LogP contribution < -0.4 is 9.47 Å². The number of rotatable bonds is 4. The molecule has 5 heteroatoms. The molecule has 1 rings (SSSR count). The molecule has 0 spiro atoms. The molecule has 0 amide bonds. The van der Waals surface area contributed by atoms with E-state index in [4.69, 9.17) is 9.47 Å². The Hall–Kier alpha value is -2.04. The highest BCUT2D eigenvalue weighted by Gasteiger charge is 2.07. The normalized spacial score (nSPS) is 10.4. The molecule has 0 atom stereocenters. The van der Waals surface area contributed by atoms with Crippen LogP contribution in [-0.2, 0) is 0 Å². The monoisotopic (exact) mass is 223 g/mol. The Bertz CT molecular complexity index is 426. The van der Waals surface area contributed by atoms with E-state index >= 15 is 0 Å². The van der Waals surface area contributed by atoms with Gasteiger partial charge in [0.25, 0.3) is 0 Å². The maximum atomic E-state index is 10.2. The van der Waals surface area contributed by atoms with E-state index in [2.05, 4.69) is 0 Å². The second-order valence-electron chi connectivity index (χ2n) is 3.16. The molecule has 0 saturated heterocycles. The van der Waals surface area contributed by atoms with Crippen LogP contribution in [-0.4, -0.2) is 19.1 Å². The van der Waals surface area contributed by atoms with Crippen LogP contribution in [0.25, 0.3) is 6.08 Å². The largest absolute Gasteiger partial charge is 0.493 e. The van der Waals surface area contributed by atoms with Gasteiger partial charge in [0.05, 0.1) is 19.1 Å². The minimum Gasteiger partial charge on any atom is -0.493 e. The van der Waals surface area contributed by atoms with E-state index in [1.807, 2.05) is 6.92 Å². The Morgan fingerprint density at radius 1 is 1.25 bits per heavy atom. The minimum atomic E-state index is -0.504. The number of aryl methyl sites for hydroxylation is 1. The van der Waals surface area contributed by atoms with Crippen molar-refractivity contribution < 1.29 is 14.4 Å². The zero-order valence-corrected chi connectivity index (χ0v) is 9.39. The van der Waals surface area contributed by atoms with Crippen LogP contribution in [0.3, 0.4) is 0 Å². The minimum absolute atomic E-state index is 0.504. The quantitative estimate of drug-likeness (QED) is 0.580. The summed E-state index contributed by atoms with van der Waals surface area (Å²) in [4.78, 5) is 9.72. The smallest absolute Gasteiger partial charge is 0.235 e. The van der Waals surface area contributed by atoms with Gasteiger partial charge in [-0.2, -0.15) is 0 Å². The van der Waals surface area contributed by atoms with Gasteiger partial charge in [-0.05, 0) is 30.2 Å². The summed E-state index contributed by atoms with van der Waals surface area (Å²) in [6.45, 7) is 1.85. The summed E-state index contributed by atoms with van der Waals surface area (Å²) in [5.41, 5.74) is 1.62. The van der Waals surface area contributed by atoms with Crippen LogP contribution in [0.15, 0.2) is 18.3 Å². The Morgan fingerprint density at radius 3 is 2.31 bits per heavy atom. The lowest BCUT2D eigenvalue weighted by Gasteiger charge is -2.10. The maximum Gasteiger partial charge on any atom is 0.235 e. The number of hydrogen-bond donors (Lipinski definition) is 0. The van der Waals surface area contributed by atoms with Crippen molar-refractivity contribution in [3.8, 4) is 11.5 Å². The van der Waals surface area contributed by atoms with Crippen LogP contribution in [0.2, 0.25) is 0 Å². The molecule has 0 N–H and O–H groups in total. The zero-order chi connectivity index (χ0) is 12.1. The molecule has 0 radical (unpaired) electrons. The Balaban J connectivity index is 3.16. The van der Waals surface area contributed by atoms with Gasteiger partial charge in [-0.25, -0.2) is 0 Å². The molecular formula is C11H13NO4. The fraction of sp³-hybridized carbons (Fsp3) is 0.273. The third-order valence-electron chi connectivity index (χ3n) is 2.15. The number of nitro groups is 1. The highest BCUT2D eigenvalue weighted by atomic mass is 16.6. The van der Waals surface area contributed by atoms with Crippen molar-refractivity contribution >= 4 is 6.08 Å². The van der Waals surface area contributed by atoms with E-state index < -0.39 is 4.92 Å². The lowest BCUT2D eigenvalue weighted by molar-refractivity contribution is -0.400. The third kappa shape index (κ3) is 2.73. The van der Waals surface area contributed by atoms with E-state index in [-0.39, 0.29) is 0 Å². The van der Waals surface area contributed by atoms with E-state index in [0.717, 1.165) is 17.3 Å². The van der Waals surface area contributed by atoms with Crippen molar-refractivity contribution in [2.24, 2.45) is 0 Å². The summed E-state index contributed by atoms with van der Waals surface area (Å²) in [6, 6.07) is 3.48. The first-order valence-electron chi connectivity index (χ1n) is 4.62. The fourth-order valence-corrected chi connectivity index (χ4v) is 1.32. The molecule has 0 aliphatic carbocycles. The Morgan fingerprint density at radius 2 is 1.81 bits per heavy atom. The van der Waals surface area contributed by atoms with Crippen LogP contribution in [0.1, 0.15) is 11.1 Å². The van der Waals surface area contributed by atoms with Crippen molar-refractivity contribution in [3.63, 3.8) is 0 Å². The first-order valence-corrected chi connectivity index (χ1v) is 4.62. The molecule has 86 valence electrons. The first-order chi connectivity index (χ1) is 7.58. The molecule has 16 heavy (non-hydrogen) atoms. The molecule has 0 unspecified atom stereocenters. The van der Waals surface area contributed by atoms with E-state index in [9.17, 15) is 10.1 Å². The third-order valence-corrected chi connectivity index (χ3v) is 2.15. The van der Waals surface area contributed by atoms with Gasteiger partial charge >= 0.3 is 0 Å². The predicted octanol–water partition coefficient (Wildman–Crippen LogP) is 2.26. The molecule has 0 aliphatic rings. The summed E-state index contributed by atoms with van der Waals surface area (Å²) in [7, 11) is 3.07. The molecule has 5 nitrogen and oxygen atoms in total. The molecule has 0 fully saturated rings. The van der Waals surface area contributed by atoms with Gasteiger partial charge in [-0.3, -0.25) is 10.1 Å². The van der Waals surface area contributed by atoms with E-state index in [1.165, 1.54) is 13.2 Å². The summed E-state index contributed by atoms with van der Waals surface area (Å²) in [6.07, 6.45) is 2.32. The van der Waals surface area contributed by atoms with Gasteiger partial charge < -0.3 is 9.47 Å². The average Bonchev–Trinajstić information content (AvgIpc) is 2.26. The highest BCUT2D eigenvalue weighted by Crippen LogP contribution is 2.30. The standard InChI is InChI=1S/C11H13NO4/c1-8-6-10(15-2)11(16-3)7-9(8)4-5-12(13)14/h4-7H,1-3H3. The van der Waals surface area contributed by atoms with Gasteiger partial charge in [0.15, 0.2) is 11.5 Å². The molecule has 0 bridgehead atoms. The second-order valence-corrected chi connectivity index (χ2v) is 3.16. The summed E-state index contributed by atoms with van der Waals surface area (Å²) in [5.74, 6) is 1.16. The molecule has 0 aromatic heterocycles. The Labute approximate surface area is 93.4 Å². The topological polar surface area (TPSA) is 61.6 Å². The van der Waals surface area contributed by atoms with E-state index in [1.54, 1.807) is 19.2 Å². The van der Waals surface area contributed by atoms with Crippen LogP contribution >= 0.6 is 0 Å². The number of nitrogens with zero attached hydrogens (tertiary/aromatic N) is 1. The van der Waals surface area contributed by atoms with Gasteiger partial charge in [0.1, 0.15) is 0 Å². The van der Waals surface area contributed by atoms with Crippen molar-refractivity contribution in [3.05, 3.63) is 39.6 Å². The molecule has 1 aromatic carbocycles. The lowest BCUT2D eigenvalue weighted by Crippen LogP contribution is -1.93. The van der Waals surface area contributed by atoms with Gasteiger partial charge in [0.2, 0.25) is 6.20 Å². The van der Waals surface area contributed by atoms with Crippen molar-refractivity contribution in [1.29, 1.82) is 0 Å².